The molecule has 0 aromatic carbocycles. The first-order chi connectivity index (χ1) is 21.9. The van der Waals surface area contributed by atoms with E-state index in [4.69, 9.17) is 9.47 Å². The molecular weight excluding hydrogens is 608 g/mol. The summed E-state index contributed by atoms with van der Waals surface area (Å²) >= 11 is 0. The highest BCUT2D eigenvalue weighted by Crippen LogP contribution is 2.76. The van der Waals surface area contributed by atoms with Crippen LogP contribution in [0.2, 0.25) is 0 Å². The largest absolute Gasteiger partial charge is 0.481 e. The molecule has 7 N–H and O–H groups in total. The number of aliphatic hydroxyl groups is 6. The normalized spacial score (nSPS) is 54.2. The minimum atomic E-state index is -1.69. The van der Waals surface area contributed by atoms with Crippen molar-refractivity contribution in [3.63, 3.8) is 0 Å². The van der Waals surface area contributed by atoms with Gasteiger partial charge in [-0.15, -0.1) is 0 Å². The van der Waals surface area contributed by atoms with E-state index in [2.05, 4.69) is 26.8 Å². The van der Waals surface area contributed by atoms with Gasteiger partial charge in [-0.2, -0.15) is 0 Å². The van der Waals surface area contributed by atoms with Crippen LogP contribution >= 0.6 is 0 Å². The van der Waals surface area contributed by atoms with Crippen molar-refractivity contribution in [1.29, 1.82) is 0 Å². The highest BCUT2D eigenvalue weighted by atomic mass is 16.7. The fourth-order valence-corrected chi connectivity index (χ4v) is 12.0. The molecule has 5 fully saturated rings. The Balaban J connectivity index is 1.37. The van der Waals surface area contributed by atoms with Crippen molar-refractivity contribution in [1.82, 2.24) is 0 Å². The average Bonchev–Trinajstić information content (AvgIpc) is 3.03. The Hall–Kier alpha value is -1.60. The van der Waals surface area contributed by atoms with E-state index in [1.807, 2.05) is 6.92 Å². The van der Waals surface area contributed by atoms with Gasteiger partial charge in [0, 0.05) is 6.61 Å². The maximum absolute atomic E-state index is 14.4. The van der Waals surface area contributed by atoms with E-state index in [9.17, 15) is 45.3 Å². The highest BCUT2D eigenvalue weighted by molar-refractivity contribution is 5.79. The lowest BCUT2D eigenvalue weighted by molar-refractivity contribution is -0.297. The Morgan fingerprint density at radius 3 is 2.19 bits per heavy atom. The molecule has 266 valence electrons. The molecule has 0 spiro atoms. The number of hydrogen-bond acceptors (Lipinski definition) is 10. The summed E-state index contributed by atoms with van der Waals surface area (Å²) in [5.41, 5.74) is -2.23. The second kappa shape index (κ2) is 11.5. The van der Waals surface area contributed by atoms with Crippen molar-refractivity contribution in [3.05, 3.63) is 11.6 Å². The van der Waals surface area contributed by atoms with E-state index in [0.29, 0.717) is 44.9 Å². The lowest BCUT2D eigenvalue weighted by Crippen LogP contribution is -2.66. The first kappa shape index (κ1) is 35.2. The van der Waals surface area contributed by atoms with Gasteiger partial charge in [0.25, 0.3) is 0 Å². The van der Waals surface area contributed by atoms with Gasteiger partial charge in [0.15, 0.2) is 0 Å². The minimum absolute atomic E-state index is 0.0267. The van der Waals surface area contributed by atoms with Crippen molar-refractivity contribution in [2.75, 3.05) is 13.2 Å². The van der Waals surface area contributed by atoms with Crippen LogP contribution < -0.4 is 0 Å². The van der Waals surface area contributed by atoms with E-state index >= 15 is 0 Å². The second-order valence-corrected chi connectivity index (χ2v) is 17.4. The van der Waals surface area contributed by atoms with Gasteiger partial charge in [0.2, 0.25) is 6.29 Å². The molecule has 0 aromatic rings. The summed E-state index contributed by atoms with van der Waals surface area (Å²) in [5, 5.41) is 72.9. The monoisotopic (exact) mass is 664 g/mol. The Morgan fingerprint density at radius 2 is 1.55 bits per heavy atom. The van der Waals surface area contributed by atoms with Crippen LogP contribution in [0.4, 0.5) is 0 Å². The molecule has 6 rings (SSSR count). The number of fused-ring (bicyclic) bond motifs is 7. The number of carbonyl (C=O) groups excluding carboxylic acids is 1. The number of allylic oxidation sites excluding steroid dienone is 2. The van der Waals surface area contributed by atoms with E-state index in [-0.39, 0.29) is 40.6 Å². The number of carbonyl (C=O) groups is 2. The summed E-state index contributed by atoms with van der Waals surface area (Å²) in [6, 6.07) is 0. The fraction of sp³-hybridized carbons (Fsp3) is 0.889. The van der Waals surface area contributed by atoms with E-state index in [1.165, 1.54) is 5.57 Å². The summed E-state index contributed by atoms with van der Waals surface area (Å²) in [4.78, 5) is 27.1. The SMILES string of the molecule is CC1(CO)CCC2(C(=O)OC3OC(CO)C(O)C(O)C3O)CCC3(C)C(=CCC4C5(C)CCC(O)C(C)(C(=O)O)C5CCC43C)C2C1. The summed E-state index contributed by atoms with van der Waals surface area (Å²) in [7, 11) is 0. The number of esters is 1. The number of aliphatic hydroxyl groups excluding tert-OH is 6. The Bertz CT molecular complexity index is 1300. The third-order valence-electron chi connectivity index (χ3n) is 15.5. The van der Waals surface area contributed by atoms with E-state index < -0.39 is 71.6 Å². The summed E-state index contributed by atoms with van der Waals surface area (Å²) in [6.45, 7) is 10.0. The van der Waals surface area contributed by atoms with Gasteiger partial charge < -0.3 is 45.2 Å². The van der Waals surface area contributed by atoms with Crippen molar-refractivity contribution in [2.24, 2.45) is 50.2 Å². The van der Waals surface area contributed by atoms with Crippen molar-refractivity contribution < 1.29 is 54.8 Å². The molecule has 15 unspecified atom stereocenters. The van der Waals surface area contributed by atoms with E-state index in [1.54, 1.807) is 6.92 Å². The standard InChI is InChI=1S/C36H56O11/c1-31(18-38)12-14-36(30(45)47-28-27(42)26(41)25(40)21(17-37)46-28)15-13-33(3)19(20(36)16-31)6-7-22-32(2)10-9-24(39)35(5,29(43)44)23(32)8-11-34(22,33)4/h6,20-28,37-42H,7-18H2,1-5H3,(H,43,44). The minimum Gasteiger partial charge on any atom is -0.481 e. The topological polar surface area (TPSA) is 194 Å². The number of aliphatic carboxylic acids is 1. The molecule has 5 aliphatic carbocycles. The molecule has 0 amide bonds. The van der Waals surface area contributed by atoms with Crippen LogP contribution in [-0.4, -0.2) is 97.7 Å². The molecule has 1 heterocycles. The van der Waals surface area contributed by atoms with Crippen LogP contribution in [0, 0.1) is 50.2 Å². The van der Waals surface area contributed by atoms with Gasteiger partial charge >= 0.3 is 11.9 Å². The summed E-state index contributed by atoms with van der Waals surface area (Å²) in [5.74, 6) is -1.73. The predicted octanol–water partition coefficient (Wildman–Crippen LogP) is 2.53. The van der Waals surface area contributed by atoms with Crippen molar-refractivity contribution in [3.8, 4) is 0 Å². The molecule has 0 radical (unpaired) electrons. The van der Waals surface area contributed by atoms with Gasteiger partial charge in [-0.05, 0) is 111 Å². The maximum atomic E-state index is 14.4. The zero-order chi connectivity index (χ0) is 34.5. The van der Waals surface area contributed by atoms with Gasteiger partial charge in [0.1, 0.15) is 24.4 Å². The predicted molar refractivity (Wildman–Crippen MR) is 168 cm³/mol. The number of hydrogen-bond donors (Lipinski definition) is 7. The quantitative estimate of drug-likeness (QED) is 0.169. The number of carboxylic acid groups (broad SMARTS) is 1. The first-order valence-corrected chi connectivity index (χ1v) is 17.6. The fourth-order valence-electron chi connectivity index (χ4n) is 12.0. The molecule has 0 bridgehead atoms. The van der Waals surface area contributed by atoms with E-state index in [0.717, 1.165) is 19.3 Å². The maximum Gasteiger partial charge on any atom is 0.315 e. The van der Waals surface area contributed by atoms with Crippen molar-refractivity contribution >= 4 is 11.9 Å². The molecule has 11 heteroatoms. The number of ether oxygens (including phenoxy) is 2. The summed E-state index contributed by atoms with van der Waals surface area (Å²) < 4.78 is 11.5. The first-order valence-electron chi connectivity index (χ1n) is 17.6. The molecule has 15 atom stereocenters. The van der Waals surface area contributed by atoms with Gasteiger partial charge in [-0.3, -0.25) is 9.59 Å². The van der Waals surface area contributed by atoms with Crippen LogP contribution in [-0.2, 0) is 19.1 Å². The lowest BCUT2D eigenvalue weighted by Gasteiger charge is -2.71. The zero-order valence-corrected chi connectivity index (χ0v) is 28.5. The molecule has 4 saturated carbocycles. The highest BCUT2D eigenvalue weighted by Gasteiger charge is 2.71. The second-order valence-electron chi connectivity index (χ2n) is 17.4. The third kappa shape index (κ3) is 4.69. The lowest BCUT2D eigenvalue weighted by atomic mass is 9.33. The Morgan fingerprint density at radius 1 is 0.872 bits per heavy atom. The smallest absolute Gasteiger partial charge is 0.315 e. The zero-order valence-electron chi connectivity index (χ0n) is 28.5. The molecule has 1 saturated heterocycles. The van der Waals surface area contributed by atoms with Crippen LogP contribution in [0.25, 0.3) is 0 Å². The van der Waals surface area contributed by atoms with Crippen molar-refractivity contribution in [2.45, 2.75) is 136 Å². The van der Waals surface area contributed by atoms with Gasteiger partial charge in [-0.1, -0.05) is 39.3 Å². The molecule has 6 aliphatic rings. The summed E-state index contributed by atoms with van der Waals surface area (Å²) in [6.07, 6.45) is -0.0188. The average molecular weight is 665 g/mol. The molecule has 1 aliphatic heterocycles. The third-order valence-corrected chi connectivity index (χ3v) is 15.5. The van der Waals surface area contributed by atoms with Crippen LogP contribution in [0.3, 0.4) is 0 Å². The Kier molecular flexibility index (Phi) is 8.60. The van der Waals surface area contributed by atoms with Crippen LogP contribution in [0.5, 0.6) is 0 Å². The van der Waals surface area contributed by atoms with Crippen LogP contribution in [0.1, 0.15) is 98.8 Å². The Labute approximate surface area is 277 Å². The van der Waals surface area contributed by atoms with Crippen LogP contribution in [0.15, 0.2) is 11.6 Å². The van der Waals surface area contributed by atoms with Gasteiger partial charge in [0.05, 0.1) is 23.5 Å². The number of carboxylic acids is 1. The molecule has 11 nitrogen and oxygen atoms in total. The number of rotatable bonds is 5. The molecular formula is C36H56O11. The van der Waals surface area contributed by atoms with Gasteiger partial charge in [-0.25, -0.2) is 0 Å². The molecule has 0 aromatic heterocycles. The molecule has 47 heavy (non-hydrogen) atoms.